The summed E-state index contributed by atoms with van der Waals surface area (Å²) in [5.74, 6) is 0.584. The summed E-state index contributed by atoms with van der Waals surface area (Å²) in [6.07, 6.45) is 4.75. The van der Waals surface area contributed by atoms with Crippen LogP contribution in [0.2, 0.25) is 0 Å². The van der Waals surface area contributed by atoms with Crippen LogP contribution in [0.3, 0.4) is 0 Å². The van der Waals surface area contributed by atoms with Crippen molar-refractivity contribution < 1.29 is 4.79 Å². The summed E-state index contributed by atoms with van der Waals surface area (Å²) in [5.41, 5.74) is 1.57. The lowest BCUT2D eigenvalue weighted by Gasteiger charge is -2.39. The van der Waals surface area contributed by atoms with Gasteiger partial charge in [-0.05, 0) is 48.1 Å². The van der Waals surface area contributed by atoms with Gasteiger partial charge in [0.2, 0.25) is 5.91 Å². The first-order valence-electron chi connectivity index (χ1n) is 9.07. The normalized spacial score (nSPS) is 29.9. The summed E-state index contributed by atoms with van der Waals surface area (Å²) in [4.78, 5) is 29.1. The van der Waals surface area contributed by atoms with Gasteiger partial charge in [-0.2, -0.15) is 0 Å². The molecule has 132 valence electrons. The number of benzene rings is 1. The number of hydrogen-bond donors (Lipinski definition) is 1. The Balaban J connectivity index is 1.57. The number of amides is 1. The topological polar surface area (TPSA) is 64.0 Å². The van der Waals surface area contributed by atoms with Gasteiger partial charge in [-0.25, -0.2) is 4.98 Å². The molecule has 2 saturated carbocycles. The molecule has 0 unspecified atom stereocenters. The van der Waals surface area contributed by atoms with E-state index in [-0.39, 0.29) is 34.9 Å². The highest BCUT2D eigenvalue weighted by atomic mass is 16.2. The zero-order chi connectivity index (χ0) is 17.8. The molecule has 2 aliphatic carbocycles. The molecular formula is C20H25N3O2. The summed E-state index contributed by atoms with van der Waals surface area (Å²) >= 11 is 0. The van der Waals surface area contributed by atoms with Gasteiger partial charge in [0.25, 0.3) is 5.56 Å². The highest BCUT2D eigenvalue weighted by Gasteiger charge is 2.61. The predicted molar refractivity (Wildman–Crippen MR) is 97.2 cm³/mol. The second kappa shape index (κ2) is 5.41. The van der Waals surface area contributed by atoms with Gasteiger partial charge in [-0.3, -0.25) is 14.2 Å². The largest absolute Gasteiger partial charge is 0.351 e. The Morgan fingerprint density at radius 1 is 1.32 bits per heavy atom. The fourth-order valence-electron chi connectivity index (χ4n) is 5.08. The van der Waals surface area contributed by atoms with Crippen LogP contribution in [0.4, 0.5) is 0 Å². The first-order valence-corrected chi connectivity index (χ1v) is 9.07. The van der Waals surface area contributed by atoms with Crippen LogP contribution >= 0.6 is 0 Å². The summed E-state index contributed by atoms with van der Waals surface area (Å²) < 4.78 is 1.51. The van der Waals surface area contributed by atoms with Gasteiger partial charge < -0.3 is 5.32 Å². The van der Waals surface area contributed by atoms with E-state index in [4.69, 9.17) is 0 Å². The van der Waals surface area contributed by atoms with Crippen LogP contribution in [-0.4, -0.2) is 21.5 Å². The monoisotopic (exact) mass is 339 g/mol. The van der Waals surface area contributed by atoms with Crippen molar-refractivity contribution >= 4 is 16.9 Å². The van der Waals surface area contributed by atoms with Crippen molar-refractivity contribution in [3.05, 3.63) is 40.8 Å². The molecule has 1 aromatic heterocycles. The maximum absolute atomic E-state index is 12.7. The minimum absolute atomic E-state index is 0.0412. The third-order valence-electron chi connectivity index (χ3n) is 7.18. The van der Waals surface area contributed by atoms with Gasteiger partial charge in [0.15, 0.2) is 0 Å². The van der Waals surface area contributed by atoms with Gasteiger partial charge in [-0.15, -0.1) is 0 Å². The van der Waals surface area contributed by atoms with Crippen LogP contribution < -0.4 is 10.9 Å². The number of rotatable bonds is 3. The van der Waals surface area contributed by atoms with Gasteiger partial charge in [0, 0.05) is 6.04 Å². The standard InChI is InChI=1S/C20H25N3O2/c1-19(2)13-8-9-20(19,3)16(10-13)22-17(24)12-23-15-7-5-4-6-14(15)21-11-18(23)25/h4-7,11,13,16H,8-10,12H2,1-3H3,(H,22,24)/t13-,16-,20-/m0/s1. The summed E-state index contributed by atoms with van der Waals surface area (Å²) in [6, 6.07) is 7.61. The molecule has 0 radical (unpaired) electrons. The quantitative estimate of drug-likeness (QED) is 0.935. The Labute approximate surface area is 147 Å². The van der Waals surface area contributed by atoms with Gasteiger partial charge in [-0.1, -0.05) is 32.9 Å². The second-order valence-electron chi connectivity index (χ2n) is 8.40. The van der Waals surface area contributed by atoms with Crippen molar-refractivity contribution in [2.24, 2.45) is 16.7 Å². The number of aromatic nitrogens is 2. The lowest BCUT2D eigenvalue weighted by atomic mass is 9.69. The lowest BCUT2D eigenvalue weighted by Crippen LogP contribution is -2.48. The van der Waals surface area contributed by atoms with E-state index >= 15 is 0 Å². The third kappa shape index (κ3) is 2.32. The van der Waals surface area contributed by atoms with Crippen molar-refractivity contribution in [3.8, 4) is 0 Å². The predicted octanol–water partition coefficient (Wildman–Crippen LogP) is 2.73. The van der Waals surface area contributed by atoms with Crippen molar-refractivity contribution in [1.82, 2.24) is 14.9 Å². The number of fused-ring (bicyclic) bond motifs is 3. The van der Waals surface area contributed by atoms with E-state index < -0.39 is 0 Å². The minimum atomic E-state index is -0.242. The molecule has 1 amide bonds. The molecule has 5 heteroatoms. The van der Waals surface area contributed by atoms with Crippen LogP contribution in [0.1, 0.15) is 40.0 Å². The molecular weight excluding hydrogens is 314 g/mol. The van der Waals surface area contributed by atoms with Crippen molar-refractivity contribution in [2.45, 2.75) is 52.6 Å². The summed E-state index contributed by atoms with van der Waals surface area (Å²) in [7, 11) is 0. The van der Waals surface area contributed by atoms with E-state index in [0.29, 0.717) is 11.4 Å². The van der Waals surface area contributed by atoms with Crippen molar-refractivity contribution in [1.29, 1.82) is 0 Å². The van der Waals surface area contributed by atoms with Gasteiger partial charge in [0.1, 0.15) is 6.54 Å². The Hall–Kier alpha value is -2.17. The number of carbonyl (C=O) groups excluding carboxylic acids is 1. The Morgan fingerprint density at radius 3 is 2.76 bits per heavy atom. The molecule has 2 aliphatic rings. The van der Waals surface area contributed by atoms with Crippen molar-refractivity contribution in [3.63, 3.8) is 0 Å². The number of carbonyl (C=O) groups is 1. The zero-order valence-corrected chi connectivity index (χ0v) is 15.1. The smallest absolute Gasteiger partial charge is 0.269 e. The van der Waals surface area contributed by atoms with E-state index in [2.05, 4.69) is 31.1 Å². The molecule has 0 aliphatic heterocycles. The van der Waals surface area contributed by atoms with Gasteiger partial charge in [0.05, 0.1) is 17.2 Å². The third-order valence-corrected chi connectivity index (χ3v) is 7.18. The summed E-state index contributed by atoms with van der Waals surface area (Å²) in [5, 5.41) is 3.23. The fraction of sp³-hybridized carbons (Fsp3) is 0.550. The molecule has 3 atom stereocenters. The van der Waals surface area contributed by atoms with E-state index in [0.717, 1.165) is 18.4 Å². The first kappa shape index (κ1) is 16.3. The molecule has 5 nitrogen and oxygen atoms in total. The van der Waals surface area contributed by atoms with Gasteiger partial charge >= 0.3 is 0 Å². The van der Waals surface area contributed by atoms with Crippen LogP contribution in [0.15, 0.2) is 35.3 Å². The number of nitrogens with one attached hydrogen (secondary N) is 1. The highest BCUT2D eigenvalue weighted by molar-refractivity contribution is 5.80. The molecule has 2 fully saturated rings. The molecule has 1 heterocycles. The minimum Gasteiger partial charge on any atom is -0.351 e. The fourth-order valence-corrected chi connectivity index (χ4v) is 5.08. The molecule has 1 aromatic carbocycles. The van der Waals surface area contributed by atoms with Crippen molar-refractivity contribution in [2.75, 3.05) is 0 Å². The average molecular weight is 339 g/mol. The Morgan fingerprint density at radius 2 is 2.08 bits per heavy atom. The highest BCUT2D eigenvalue weighted by Crippen LogP contribution is 2.65. The molecule has 0 saturated heterocycles. The molecule has 0 spiro atoms. The average Bonchev–Trinajstić information content (AvgIpc) is 2.91. The van der Waals surface area contributed by atoms with E-state index in [9.17, 15) is 9.59 Å². The van der Waals surface area contributed by atoms with Crippen LogP contribution in [0.5, 0.6) is 0 Å². The Kier molecular flexibility index (Phi) is 3.53. The molecule has 25 heavy (non-hydrogen) atoms. The number of hydrogen-bond acceptors (Lipinski definition) is 3. The second-order valence-corrected chi connectivity index (χ2v) is 8.40. The molecule has 1 N–H and O–H groups in total. The summed E-state index contributed by atoms with van der Waals surface area (Å²) in [6.45, 7) is 7.01. The lowest BCUT2D eigenvalue weighted by molar-refractivity contribution is -0.123. The van der Waals surface area contributed by atoms with E-state index in [1.165, 1.54) is 17.2 Å². The van der Waals surface area contributed by atoms with Crippen LogP contribution in [0.25, 0.3) is 11.0 Å². The Bertz CT molecular complexity index is 901. The van der Waals surface area contributed by atoms with E-state index in [1.807, 2.05) is 24.3 Å². The maximum atomic E-state index is 12.7. The number of para-hydroxylation sites is 2. The molecule has 4 rings (SSSR count). The molecule has 2 bridgehead atoms. The zero-order valence-electron chi connectivity index (χ0n) is 15.1. The SMILES string of the molecule is CC1(C)[C@H]2CC[C@@]1(C)[C@@H](NC(=O)Cn1c(=O)cnc3ccccc31)C2. The van der Waals surface area contributed by atoms with E-state index in [1.54, 1.807) is 0 Å². The van der Waals surface area contributed by atoms with Crippen LogP contribution in [0, 0.1) is 16.7 Å². The maximum Gasteiger partial charge on any atom is 0.269 e. The molecule has 2 aromatic rings. The number of nitrogens with zero attached hydrogens (tertiary/aromatic N) is 2. The first-order chi connectivity index (χ1) is 11.8. The van der Waals surface area contributed by atoms with Crippen LogP contribution in [-0.2, 0) is 11.3 Å².